The fraction of sp³-hybridized carbons (Fsp3) is 0.233. The average Bonchev–Trinajstić information content (AvgIpc) is 3.44. The molecule has 2 fully saturated rings. The number of ether oxygens (including phenoxy) is 2. The van der Waals surface area contributed by atoms with Crippen molar-refractivity contribution in [2.75, 3.05) is 19.1 Å². The number of rotatable bonds is 5. The number of methoxy groups -OCH3 is 2. The van der Waals surface area contributed by atoms with Gasteiger partial charge in [0, 0.05) is 11.8 Å². The van der Waals surface area contributed by atoms with Crippen molar-refractivity contribution in [3.63, 3.8) is 0 Å². The van der Waals surface area contributed by atoms with Crippen molar-refractivity contribution >= 4 is 29.4 Å². The molecule has 3 aliphatic rings. The van der Waals surface area contributed by atoms with Crippen LogP contribution in [-0.2, 0) is 15.8 Å². The molecule has 0 N–H and O–H groups in total. The number of hydrogen-bond acceptors (Lipinski definition) is 6. The second-order valence-electron chi connectivity index (χ2n) is 9.83. The van der Waals surface area contributed by atoms with Crippen molar-refractivity contribution < 1.29 is 37.0 Å². The first-order chi connectivity index (χ1) is 19.2. The number of amides is 2. The molecular formula is C30H23F3N2O5. The number of anilines is 1. The van der Waals surface area contributed by atoms with E-state index in [-0.39, 0.29) is 11.3 Å². The molecule has 204 valence electrons. The van der Waals surface area contributed by atoms with Gasteiger partial charge in [0.2, 0.25) is 11.8 Å². The highest BCUT2D eigenvalue weighted by Gasteiger charge is 2.64. The van der Waals surface area contributed by atoms with Crippen LogP contribution in [0.4, 0.5) is 18.9 Å². The number of alkyl halides is 3. The first-order valence-corrected chi connectivity index (χ1v) is 12.5. The summed E-state index contributed by atoms with van der Waals surface area (Å²) in [5.74, 6) is -3.15. The molecule has 0 radical (unpaired) electrons. The molecule has 10 heteroatoms. The summed E-state index contributed by atoms with van der Waals surface area (Å²) < 4.78 is 51.0. The molecule has 3 aromatic carbocycles. The normalized spacial score (nSPS) is 23.1. The molecule has 2 amide bonds. The van der Waals surface area contributed by atoms with Crippen LogP contribution in [0.1, 0.15) is 33.1 Å². The van der Waals surface area contributed by atoms with Crippen LogP contribution < -0.4 is 14.4 Å². The van der Waals surface area contributed by atoms with Crippen molar-refractivity contribution in [2.45, 2.75) is 18.3 Å². The van der Waals surface area contributed by atoms with Crippen LogP contribution in [-0.4, -0.2) is 42.8 Å². The Morgan fingerprint density at radius 2 is 1.57 bits per heavy atom. The lowest BCUT2D eigenvalue weighted by molar-refractivity contribution is -0.137. The molecule has 0 unspecified atom stereocenters. The number of hydrogen-bond donors (Lipinski definition) is 0. The predicted molar refractivity (Wildman–Crippen MR) is 139 cm³/mol. The molecule has 3 heterocycles. The SMILES string of the molecule is COc1ccc(C(=O)[C@@H]2[C@@H]3C(=O)N(c4cccc(C(F)(F)F)c4)C(=O)[C@@H]3[C@H]3c4ccccc4C=CN23)cc1OC. The zero-order valence-electron chi connectivity index (χ0n) is 21.4. The van der Waals surface area contributed by atoms with Gasteiger partial charge in [-0.25, -0.2) is 4.90 Å². The van der Waals surface area contributed by atoms with Crippen molar-refractivity contribution in [3.05, 3.63) is 95.2 Å². The van der Waals surface area contributed by atoms with Gasteiger partial charge in [-0.3, -0.25) is 14.4 Å². The van der Waals surface area contributed by atoms with E-state index in [1.807, 2.05) is 24.3 Å². The van der Waals surface area contributed by atoms with Crippen molar-refractivity contribution in [1.82, 2.24) is 4.90 Å². The average molecular weight is 549 g/mol. The van der Waals surface area contributed by atoms with Gasteiger partial charge in [0.1, 0.15) is 6.04 Å². The van der Waals surface area contributed by atoms with E-state index < -0.39 is 53.3 Å². The van der Waals surface area contributed by atoms with E-state index in [9.17, 15) is 27.6 Å². The molecular weight excluding hydrogens is 525 g/mol. The first-order valence-electron chi connectivity index (χ1n) is 12.5. The molecule has 0 bridgehead atoms. The Kier molecular flexibility index (Phi) is 5.94. The number of benzene rings is 3. The number of nitrogens with zero attached hydrogens (tertiary/aromatic N) is 2. The van der Waals surface area contributed by atoms with E-state index in [1.54, 1.807) is 29.3 Å². The summed E-state index contributed by atoms with van der Waals surface area (Å²) in [6.45, 7) is 0. The smallest absolute Gasteiger partial charge is 0.416 e. The number of ketones is 1. The molecule has 40 heavy (non-hydrogen) atoms. The fourth-order valence-corrected chi connectivity index (χ4v) is 6.09. The Balaban J connectivity index is 1.48. The van der Waals surface area contributed by atoms with Crippen LogP contribution in [0.25, 0.3) is 6.08 Å². The molecule has 2 saturated heterocycles. The molecule has 0 aromatic heterocycles. The van der Waals surface area contributed by atoms with Gasteiger partial charge in [0.05, 0.1) is 43.3 Å². The highest BCUT2D eigenvalue weighted by atomic mass is 19.4. The van der Waals surface area contributed by atoms with E-state index in [2.05, 4.69) is 0 Å². The van der Waals surface area contributed by atoms with Crippen LogP contribution in [0.5, 0.6) is 11.5 Å². The van der Waals surface area contributed by atoms with Crippen molar-refractivity contribution in [2.24, 2.45) is 11.8 Å². The minimum atomic E-state index is -4.66. The summed E-state index contributed by atoms with van der Waals surface area (Å²) in [6, 6.07) is 14.4. The number of fused-ring (bicyclic) bond motifs is 5. The molecule has 6 rings (SSSR count). The minimum Gasteiger partial charge on any atom is -0.493 e. The Morgan fingerprint density at radius 3 is 2.30 bits per heavy atom. The molecule has 0 spiro atoms. The number of Topliss-reactive ketones (excluding diaryl/α,β-unsaturated/α-hetero) is 1. The van der Waals surface area contributed by atoms with Gasteiger partial charge in [0.25, 0.3) is 0 Å². The summed E-state index contributed by atoms with van der Waals surface area (Å²) in [7, 11) is 2.90. The standard InChI is InChI=1S/C30H23F3N2O5/c1-39-21-11-10-17(14-22(21)40-2)27(36)26-24-23(25-20-9-4-3-6-16(20)12-13-34(25)26)28(37)35(29(24)38)19-8-5-7-18(15-19)30(31,32)33/h3-15,23-26H,1-2H3/t23-,24+,25+,26-/m0/s1. The van der Waals surface area contributed by atoms with Gasteiger partial charge in [-0.05, 0) is 53.6 Å². The molecule has 3 aliphatic heterocycles. The molecule has 4 atom stereocenters. The first kappa shape index (κ1) is 25.7. The van der Waals surface area contributed by atoms with Crippen LogP contribution in [0.2, 0.25) is 0 Å². The van der Waals surface area contributed by atoms with Crippen LogP contribution >= 0.6 is 0 Å². The monoisotopic (exact) mass is 548 g/mol. The lowest BCUT2D eigenvalue weighted by Gasteiger charge is -2.35. The maximum absolute atomic E-state index is 14.1. The zero-order chi connectivity index (χ0) is 28.3. The number of carbonyl (C=O) groups excluding carboxylic acids is 3. The van der Waals surface area contributed by atoms with Crippen LogP contribution in [0.15, 0.2) is 72.9 Å². The van der Waals surface area contributed by atoms with Gasteiger partial charge in [0.15, 0.2) is 17.3 Å². The van der Waals surface area contributed by atoms with Gasteiger partial charge in [-0.2, -0.15) is 13.2 Å². The number of carbonyl (C=O) groups is 3. The van der Waals surface area contributed by atoms with E-state index in [1.165, 1.54) is 26.4 Å². The number of imide groups is 1. The summed E-state index contributed by atoms with van der Waals surface area (Å²) in [5.41, 5.74) is 0.678. The van der Waals surface area contributed by atoms with E-state index in [4.69, 9.17) is 9.47 Å². The number of halogens is 3. The highest BCUT2D eigenvalue weighted by molar-refractivity contribution is 6.24. The van der Waals surface area contributed by atoms with E-state index in [0.717, 1.165) is 34.2 Å². The van der Waals surface area contributed by atoms with Gasteiger partial charge in [-0.1, -0.05) is 30.3 Å². The second kappa shape index (κ2) is 9.25. The molecule has 0 saturated carbocycles. The topological polar surface area (TPSA) is 76.2 Å². The molecule has 0 aliphatic carbocycles. The molecule has 7 nitrogen and oxygen atoms in total. The Hall–Kier alpha value is -4.60. The Bertz CT molecular complexity index is 1580. The van der Waals surface area contributed by atoms with Gasteiger partial charge >= 0.3 is 6.18 Å². The van der Waals surface area contributed by atoms with Gasteiger partial charge < -0.3 is 14.4 Å². The lowest BCUT2D eigenvalue weighted by Crippen LogP contribution is -2.44. The van der Waals surface area contributed by atoms with E-state index in [0.29, 0.717) is 11.5 Å². The third kappa shape index (κ3) is 3.77. The Labute approximate surface area is 227 Å². The molecule has 3 aromatic rings. The van der Waals surface area contributed by atoms with Crippen molar-refractivity contribution in [1.29, 1.82) is 0 Å². The summed E-state index contributed by atoms with van der Waals surface area (Å²) in [6.07, 6.45) is -1.13. The van der Waals surface area contributed by atoms with Gasteiger partial charge in [-0.15, -0.1) is 0 Å². The maximum Gasteiger partial charge on any atom is 0.416 e. The largest absolute Gasteiger partial charge is 0.493 e. The van der Waals surface area contributed by atoms with Crippen LogP contribution in [0.3, 0.4) is 0 Å². The predicted octanol–water partition coefficient (Wildman–Crippen LogP) is 5.12. The quantitative estimate of drug-likeness (QED) is 0.326. The third-order valence-electron chi connectivity index (χ3n) is 7.83. The third-order valence-corrected chi connectivity index (χ3v) is 7.83. The van der Waals surface area contributed by atoms with Crippen LogP contribution in [0, 0.1) is 11.8 Å². The lowest BCUT2D eigenvalue weighted by atomic mass is 9.83. The Morgan fingerprint density at radius 1 is 0.850 bits per heavy atom. The fourth-order valence-electron chi connectivity index (χ4n) is 6.09. The second-order valence-corrected chi connectivity index (χ2v) is 9.83. The van der Waals surface area contributed by atoms with E-state index >= 15 is 0 Å². The minimum absolute atomic E-state index is 0.178. The summed E-state index contributed by atoms with van der Waals surface area (Å²) >= 11 is 0. The van der Waals surface area contributed by atoms with Crippen molar-refractivity contribution in [3.8, 4) is 11.5 Å². The summed E-state index contributed by atoms with van der Waals surface area (Å²) in [5, 5.41) is 0. The maximum atomic E-state index is 14.1. The highest BCUT2D eigenvalue weighted by Crippen LogP contribution is 2.54. The summed E-state index contributed by atoms with van der Waals surface area (Å²) in [4.78, 5) is 44.5. The zero-order valence-corrected chi connectivity index (χ0v) is 21.4.